The third-order valence-corrected chi connectivity index (χ3v) is 1.35. The summed E-state index contributed by atoms with van der Waals surface area (Å²) >= 11 is 0. The van der Waals surface area contributed by atoms with Gasteiger partial charge in [0.05, 0.1) is 5.56 Å². The number of hydrogen-bond donors (Lipinski definition) is 2. The van der Waals surface area contributed by atoms with E-state index in [2.05, 4.69) is 11.4 Å². The first-order valence-corrected chi connectivity index (χ1v) is 4.29. The standard InChI is InChI=1S/C9H7NO2.C2H6/c1-2-10-8-5-3-7(4-6-8)9(11)12;1-2/h1,3-6,10H,(H,11,12);1-2H3. The average molecular weight is 191 g/mol. The number of carboxylic acids is 1. The highest BCUT2D eigenvalue weighted by Crippen LogP contribution is 2.08. The fourth-order valence-corrected chi connectivity index (χ4v) is 0.779. The van der Waals surface area contributed by atoms with E-state index in [0.717, 1.165) is 0 Å². The van der Waals surface area contributed by atoms with Crippen molar-refractivity contribution in [2.24, 2.45) is 0 Å². The van der Waals surface area contributed by atoms with Crippen LogP contribution in [0.1, 0.15) is 24.2 Å². The minimum Gasteiger partial charge on any atom is -0.478 e. The average Bonchev–Trinajstić information content (AvgIpc) is 2.22. The van der Waals surface area contributed by atoms with Gasteiger partial charge in [0.15, 0.2) is 0 Å². The zero-order valence-corrected chi connectivity index (χ0v) is 8.24. The SMILES string of the molecule is C#CNc1ccc(C(=O)O)cc1.CC. The number of carbonyl (C=O) groups is 1. The molecule has 0 saturated carbocycles. The molecule has 1 aromatic rings. The molecular weight excluding hydrogens is 178 g/mol. The second kappa shape index (κ2) is 6.55. The lowest BCUT2D eigenvalue weighted by Gasteiger charge is -1.97. The molecule has 0 unspecified atom stereocenters. The summed E-state index contributed by atoms with van der Waals surface area (Å²) < 4.78 is 0. The maximum absolute atomic E-state index is 10.4. The Labute approximate surface area is 83.8 Å². The van der Waals surface area contributed by atoms with Crippen molar-refractivity contribution >= 4 is 11.7 Å². The first-order valence-electron chi connectivity index (χ1n) is 4.29. The highest BCUT2D eigenvalue weighted by molar-refractivity contribution is 5.88. The van der Waals surface area contributed by atoms with Crippen LogP contribution < -0.4 is 5.32 Å². The van der Waals surface area contributed by atoms with E-state index in [1.165, 1.54) is 12.1 Å². The molecule has 0 bridgehead atoms. The highest BCUT2D eigenvalue weighted by atomic mass is 16.4. The molecule has 0 atom stereocenters. The van der Waals surface area contributed by atoms with Gasteiger partial charge in [-0.05, 0) is 24.3 Å². The number of aromatic carboxylic acids is 1. The quantitative estimate of drug-likeness (QED) is 0.557. The van der Waals surface area contributed by atoms with Crippen LogP contribution >= 0.6 is 0 Å². The van der Waals surface area contributed by atoms with Crippen LogP contribution in [-0.2, 0) is 0 Å². The van der Waals surface area contributed by atoms with Gasteiger partial charge in [0.2, 0.25) is 0 Å². The molecule has 0 fully saturated rings. The summed E-state index contributed by atoms with van der Waals surface area (Å²) in [5, 5.41) is 11.2. The van der Waals surface area contributed by atoms with Gasteiger partial charge in [-0.2, -0.15) is 0 Å². The summed E-state index contributed by atoms with van der Waals surface area (Å²) in [7, 11) is 0. The number of nitrogens with one attached hydrogen (secondary N) is 1. The first kappa shape index (κ1) is 12.0. The molecule has 0 aliphatic heterocycles. The minimum absolute atomic E-state index is 0.248. The molecular formula is C11H13NO2. The van der Waals surface area contributed by atoms with E-state index in [9.17, 15) is 4.79 Å². The van der Waals surface area contributed by atoms with Crippen molar-refractivity contribution in [3.8, 4) is 12.5 Å². The Morgan fingerprint density at radius 3 is 2.21 bits per heavy atom. The van der Waals surface area contributed by atoms with Gasteiger partial charge in [0.25, 0.3) is 0 Å². The molecule has 0 aliphatic carbocycles. The van der Waals surface area contributed by atoms with Gasteiger partial charge < -0.3 is 10.4 Å². The number of hydrogen-bond acceptors (Lipinski definition) is 2. The smallest absolute Gasteiger partial charge is 0.335 e. The van der Waals surface area contributed by atoms with Crippen LogP contribution in [0.15, 0.2) is 24.3 Å². The van der Waals surface area contributed by atoms with Crippen molar-refractivity contribution in [2.45, 2.75) is 13.8 Å². The molecule has 3 nitrogen and oxygen atoms in total. The van der Waals surface area contributed by atoms with Crippen molar-refractivity contribution < 1.29 is 9.90 Å². The second-order valence-corrected chi connectivity index (χ2v) is 2.15. The number of rotatable bonds is 2. The molecule has 0 aliphatic rings. The van der Waals surface area contributed by atoms with Crippen LogP contribution in [0.3, 0.4) is 0 Å². The zero-order valence-electron chi connectivity index (χ0n) is 8.24. The maximum atomic E-state index is 10.4. The van der Waals surface area contributed by atoms with E-state index in [0.29, 0.717) is 5.69 Å². The molecule has 14 heavy (non-hydrogen) atoms. The summed E-state index contributed by atoms with van der Waals surface area (Å²) in [6, 6.07) is 8.44. The Kier molecular flexibility index (Phi) is 5.64. The molecule has 0 amide bonds. The van der Waals surface area contributed by atoms with E-state index in [1.54, 1.807) is 12.1 Å². The molecule has 1 aromatic carbocycles. The fourth-order valence-electron chi connectivity index (χ4n) is 0.779. The number of anilines is 1. The molecule has 1 rings (SSSR count). The van der Waals surface area contributed by atoms with E-state index in [1.807, 2.05) is 13.8 Å². The van der Waals surface area contributed by atoms with Gasteiger partial charge in [0, 0.05) is 11.7 Å². The number of benzene rings is 1. The van der Waals surface area contributed by atoms with Crippen LogP contribution in [-0.4, -0.2) is 11.1 Å². The molecule has 0 heterocycles. The van der Waals surface area contributed by atoms with Crippen molar-refractivity contribution in [2.75, 3.05) is 5.32 Å². The number of terminal acetylenes is 1. The summed E-state index contributed by atoms with van der Waals surface area (Å²) in [6.07, 6.45) is 4.98. The van der Waals surface area contributed by atoms with E-state index in [4.69, 9.17) is 11.5 Å². The van der Waals surface area contributed by atoms with Gasteiger partial charge in [0.1, 0.15) is 0 Å². The lowest BCUT2D eigenvalue weighted by molar-refractivity contribution is 0.0697. The van der Waals surface area contributed by atoms with Gasteiger partial charge in [-0.15, -0.1) is 0 Å². The van der Waals surface area contributed by atoms with E-state index < -0.39 is 5.97 Å². The lowest BCUT2D eigenvalue weighted by Crippen LogP contribution is -1.95. The Balaban J connectivity index is 0.000000791. The van der Waals surface area contributed by atoms with Gasteiger partial charge in [-0.3, -0.25) is 0 Å². The van der Waals surface area contributed by atoms with Gasteiger partial charge in [-0.25, -0.2) is 4.79 Å². The summed E-state index contributed by atoms with van der Waals surface area (Å²) in [6.45, 7) is 4.00. The first-order chi connectivity index (χ1) is 6.74. The van der Waals surface area contributed by atoms with Crippen LogP contribution in [0.2, 0.25) is 0 Å². The highest BCUT2D eigenvalue weighted by Gasteiger charge is 1.99. The minimum atomic E-state index is -0.942. The molecule has 3 heteroatoms. The van der Waals surface area contributed by atoms with E-state index in [-0.39, 0.29) is 5.56 Å². The lowest BCUT2D eigenvalue weighted by atomic mass is 10.2. The van der Waals surface area contributed by atoms with Crippen molar-refractivity contribution in [1.82, 2.24) is 0 Å². The maximum Gasteiger partial charge on any atom is 0.335 e. The van der Waals surface area contributed by atoms with Crippen LogP contribution in [0.4, 0.5) is 5.69 Å². The van der Waals surface area contributed by atoms with Crippen LogP contribution in [0, 0.1) is 12.5 Å². The normalized spacial score (nSPS) is 7.79. The fraction of sp³-hybridized carbons (Fsp3) is 0.182. The molecule has 2 N–H and O–H groups in total. The predicted molar refractivity (Wildman–Crippen MR) is 57.2 cm³/mol. The monoisotopic (exact) mass is 191 g/mol. The Hall–Kier alpha value is -1.95. The van der Waals surface area contributed by atoms with Gasteiger partial charge in [-0.1, -0.05) is 20.3 Å². The van der Waals surface area contributed by atoms with Crippen molar-refractivity contribution in [3.05, 3.63) is 29.8 Å². The second-order valence-electron chi connectivity index (χ2n) is 2.15. The third kappa shape index (κ3) is 3.63. The van der Waals surface area contributed by atoms with Gasteiger partial charge >= 0.3 is 5.97 Å². The number of carboxylic acid groups (broad SMARTS) is 1. The third-order valence-electron chi connectivity index (χ3n) is 1.35. The predicted octanol–water partition coefficient (Wildman–Crippen LogP) is 2.41. The molecule has 0 saturated heterocycles. The Morgan fingerprint density at radius 1 is 1.36 bits per heavy atom. The Bertz CT molecular complexity index is 322. The van der Waals surface area contributed by atoms with Crippen molar-refractivity contribution in [1.29, 1.82) is 0 Å². The Morgan fingerprint density at radius 2 is 1.86 bits per heavy atom. The summed E-state index contributed by atoms with van der Waals surface area (Å²) in [5.74, 6) is -0.942. The zero-order chi connectivity index (χ0) is 11.0. The van der Waals surface area contributed by atoms with E-state index >= 15 is 0 Å². The topological polar surface area (TPSA) is 49.3 Å². The molecule has 0 radical (unpaired) electrons. The van der Waals surface area contributed by atoms with Crippen molar-refractivity contribution in [3.63, 3.8) is 0 Å². The molecule has 0 spiro atoms. The summed E-state index contributed by atoms with van der Waals surface area (Å²) in [5.41, 5.74) is 0.958. The van der Waals surface area contributed by atoms with Crippen LogP contribution in [0.5, 0.6) is 0 Å². The molecule has 0 aromatic heterocycles. The van der Waals surface area contributed by atoms with Crippen LogP contribution in [0.25, 0.3) is 0 Å². The molecule has 74 valence electrons. The summed E-state index contributed by atoms with van der Waals surface area (Å²) in [4.78, 5) is 10.4. The largest absolute Gasteiger partial charge is 0.478 e.